The van der Waals surface area contributed by atoms with Crippen molar-refractivity contribution in [2.75, 3.05) is 13.7 Å². The number of rotatable bonds is 6. The molecule has 3 aromatic rings. The Morgan fingerprint density at radius 2 is 1.60 bits per heavy atom. The van der Waals surface area contributed by atoms with Crippen LogP contribution in [0.5, 0.6) is 0 Å². The van der Waals surface area contributed by atoms with Gasteiger partial charge in [-0.15, -0.1) is 0 Å². The number of aliphatic carboxylic acids is 1. The normalized spacial score (nSPS) is 13.2. The van der Waals surface area contributed by atoms with Crippen LogP contribution in [0.4, 0.5) is 4.79 Å². The number of benzene rings is 2. The third-order valence-electron chi connectivity index (χ3n) is 5.51. The molecule has 6 nitrogen and oxygen atoms in total. The number of ether oxygens (including phenoxy) is 1. The maximum absolute atomic E-state index is 12.7. The molecule has 0 spiro atoms. The first-order valence-electron chi connectivity index (χ1n) is 9.76. The summed E-state index contributed by atoms with van der Waals surface area (Å²) in [6.07, 6.45) is 1.04. The highest BCUT2D eigenvalue weighted by atomic mass is 16.6. The summed E-state index contributed by atoms with van der Waals surface area (Å²) in [6, 6.07) is 20.4. The van der Waals surface area contributed by atoms with E-state index in [1.165, 1.54) is 7.05 Å². The Bertz CT molecular complexity index is 1020. The van der Waals surface area contributed by atoms with E-state index in [1.54, 1.807) is 24.4 Å². The van der Waals surface area contributed by atoms with Gasteiger partial charge >= 0.3 is 12.1 Å². The third-order valence-corrected chi connectivity index (χ3v) is 5.51. The van der Waals surface area contributed by atoms with Gasteiger partial charge in [0.1, 0.15) is 12.6 Å². The van der Waals surface area contributed by atoms with Gasteiger partial charge in [0.2, 0.25) is 0 Å². The maximum Gasteiger partial charge on any atom is 0.410 e. The zero-order valence-corrected chi connectivity index (χ0v) is 16.6. The molecule has 1 atom stereocenters. The van der Waals surface area contributed by atoms with E-state index >= 15 is 0 Å². The van der Waals surface area contributed by atoms with Gasteiger partial charge in [0.05, 0.1) is 0 Å². The Hall–Kier alpha value is -3.67. The van der Waals surface area contributed by atoms with Crippen LogP contribution < -0.4 is 0 Å². The molecule has 152 valence electrons. The van der Waals surface area contributed by atoms with Crippen LogP contribution in [0.3, 0.4) is 0 Å². The van der Waals surface area contributed by atoms with E-state index in [0.29, 0.717) is 5.69 Å². The Labute approximate surface area is 174 Å². The molecule has 0 aliphatic heterocycles. The van der Waals surface area contributed by atoms with Gasteiger partial charge in [-0.05, 0) is 34.4 Å². The predicted molar refractivity (Wildman–Crippen MR) is 112 cm³/mol. The molecule has 4 rings (SSSR count). The fraction of sp³-hybridized carbons (Fsp3) is 0.208. The van der Waals surface area contributed by atoms with E-state index in [2.05, 4.69) is 17.1 Å². The number of hydrogen-bond acceptors (Lipinski definition) is 4. The Kier molecular flexibility index (Phi) is 5.48. The minimum absolute atomic E-state index is 0.0752. The lowest BCUT2D eigenvalue weighted by molar-refractivity contribution is -0.142. The lowest BCUT2D eigenvalue weighted by Gasteiger charge is -2.25. The number of likely N-dealkylation sites (N-methyl/N-ethyl adjacent to an activating group) is 1. The molecule has 0 bridgehead atoms. The summed E-state index contributed by atoms with van der Waals surface area (Å²) < 4.78 is 5.57. The Balaban J connectivity index is 1.48. The van der Waals surface area contributed by atoms with Gasteiger partial charge in [0, 0.05) is 31.3 Å². The minimum atomic E-state index is -1.10. The number of fused-ring (bicyclic) bond motifs is 3. The van der Waals surface area contributed by atoms with Crippen molar-refractivity contribution >= 4 is 12.1 Å². The van der Waals surface area contributed by atoms with Gasteiger partial charge in [-0.1, -0.05) is 54.6 Å². The highest BCUT2D eigenvalue weighted by Gasteiger charge is 2.32. The second kappa shape index (κ2) is 8.37. The van der Waals surface area contributed by atoms with Gasteiger partial charge in [-0.3, -0.25) is 9.88 Å². The second-order valence-corrected chi connectivity index (χ2v) is 7.29. The van der Waals surface area contributed by atoms with Crippen molar-refractivity contribution in [3.05, 3.63) is 89.7 Å². The van der Waals surface area contributed by atoms with Crippen molar-refractivity contribution in [2.24, 2.45) is 0 Å². The molecule has 0 unspecified atom stereocenters. The van der Waals surface area contributed by atoms with Crippen LogP contribution >= 0.6 is 0 Å². The monoisotopic (exact) mass is 402 g/mol. The van der Waals surface area contributed by atoms with Gasteiger partial charge in [0.25, 0.3) is 0 Å². The molecule has 30 heavy (non-hydrogen) atoms. The van der Waals surface area contributed by atoms with E-state index in [4.69, 9.17) is 4.74 Å². The molecule has 1 aliphatic rings. The third kappa shape index (κ3) is 3.76. The molecule has 2 aromatic carbocycles. The minimum Gasteiger partial charge on any atom is -0.480 e. The number of pyridine rings is 1. The van der Waals surface area contributed by atoms with Crippen molar-refractivity contribution in [3.63, 3.8) is 0 Å². The molecular weight excluding hydrogens is 380 g/mol. The average molecular weight is 402 g/mol. The molecule has 1 aliphatic carbocycles. The van der Waals surface area contributed by atoms with Crippen LogP contribution in [0.25, 0.3) is 11.1 Å². The Morgan fingerprint density at radius 3 is 2.17 bits per heavy atom. The highest BCUT2D eigenvalue weighted by molar-refractivity contribution is 5.81. The zero-order valence-electron chi connectivity index (χ0n) is 16.6. The fourth-order valence-corrected chi connectivity index (χ4v) is 3.93. The van der Waals surface area contributed by atoms with E-state index in [9.17, 15) is 14.7 Å². The molecule has 0 saturated heterocycles. The van der Waals surface area contributed by atoms with E-state index in [0.717, 1.165) is 27.2 Å². The lowest BCUT2D eigenvalue weighted by Crippen LogP contribution is -2.44. The SMILES string of the molecule is CN(C(=O)OCC1c2ccccc2-c2ccccc21)[C@@H](Cc1ccccn1)C(=O)O. The number of hydrogen-bond donors (Lipinski definition) is 1. The van der Waals surface area contributed by atoms with Crippen molar-refractivity contribution < 1.29 is 19.4 Å². The smallest absolute Gasteiger partial charge is 0.410 e. The molecule has 1 amide bonds. The van der Waals surface area contributed by atoms with Crippen molar-refractivity contribution in [3.8, 4) is 11.1 Å². The van der Waals surface area contributed by atoms with Crippen LogP contribution in [0.2, 0.25) is 0 Å². The lowest BCUT2D eigenvalue weighted by atomic mass is 9.98. The summed E-state index contributed by atoms with van der Waals surface area (Å²) in [7, 11) is 1.45. The summed E-state index contributed by atoms with van der Waals surface area (Å²) >= 11 is 0. The number of nitrogens with zero attached hydrogens (tertiary/aromatic N) is 2. The largest absolute Gasteiger partial charge is 0.480 e. The summed E-state index contributed by atoms with van der Waals surface area (Å²) in [4.78, 5) is 29.7. The van der Waals surface area contributed by atoms with E-state index < -0.39 is 18.1 Å². The van der Waals surface area contributed by atoms with Crippen LogP contribution in [0, 0.1) is 0 Å². The fourth-order valence-electron chi connectivity index (χ4n) is 3.93. The number of carbonyl (C=O) groups is 2. The van der Waals surface area contributed by atoms with Crippen LogP contribution in [0.1, 0.15) is 22.7 Å². The number of aromatic nitrogens is 1. The van der Waals surface area contributed by atoms with E-state index in [1.807, 2.05) is 36.4 Å². The summed E-state index contributed by atoms with van der Waals surface area (Å²) in [6.45, 7) is 0.146. The van der Waals surface area contributed by atoms with Crippen LogP contribution in [0.15, 0.2) is 72.9 Å². The molecule has 6 heteroatoms. The molecule has 0 saturated carbocycles. The molecule has 1 N–H and O–H groups in total. The first-order valence-corrected chi connectivity index (χ1v) is 9.76. The van der Waals surface area contributed by atoms with Crippen molar-refractivity contribution in [1.82, 2.24) is 9.88 Å². The standard InChI is InChI=1S/C24H22N2O4/c1-26(22(23(27)28)14-16-8-6-7-13-25-16)24(29)30-15-21-19-11-4-2-9-17(19)18-10-3-5-12-20(18)21/h2-13,21-22H,14-15H2,1H3,(H,27,28)/t22-/m0/s1. The van der Waals surface area contributed by atoms with Crippen LogP contribution in [-0.4, -0.2) is 46.7 Å². The van der Waals surface area contributed by atoms with Crippen molar-refractivity contribution in [1.29, 1.82) is 0 Å². The molecular formula is C24H22N2O4. The van der Waals surface area contributed by atoms with Gasteiger partial charge < -0.3 is 9.84 Å². The number of carboxylic acids is 1. The van der Waals surface area contributed by atoms with Gasteiger partial charge in [-0.25, -0.2) is 9.59 Å². The first kappa shape index (κ1) is 19.6. The summed E-state index contributed by atoms with van der Waals surface area (Å²) in [5.41, 5.74) is 5.10. The second-order valence-electron chi connectivity index (χ2n) is 7.29. The predicted octanol–water partition coefficient (Wildman–Crippen LogP) is 3.96. The van der Waals surface area contributed by atoms with Crippen LogP contribution in [-0.2, 0) is 16.0 Å². The summed E-state index contributed by atoms with van der Waals surface area (Å²) in [5, 5.41) is 9.62. The zero-order chi connectivity index (χ0) is 21.1. The first-order chi connectivity index (χ1) is 14.6. The van der Waals surface area contributed by atoms with Gasteiger partial charge in [0.15, 0.2) is 0 Å². The summed E-state index contributed by atoms with van der Waals surface area (Å²) in [5.74, 6) is -1.18. The number of amides is 1. The number of carboxylic acid groups (broad SMARTS) is 1. The maximum atomic E-state index is 12.7. The highest BCUT2D eigenvalue weighted by Crippen LogP contribution is 2.44. The molecule has 1 heterocycles. The quantitative estimate of drug-likeness (QED) is 0.675. The van der Waals surface area contributed by atoms with Gasteiger partial charge in [-0.2, -0.15) is 0 Å². The Morgan fingerprint density at radius 1 is 1.00 bits per heavy atom. The molecule has 1 aromatic heterocycles. The van der Waals surface area contributed by atoms with E-state index in [-0.39, 0.29) is 18.9 Å². The average Bonchev–Trinajstić information content (AvgIpc) is 3.09. The topological polar surface area (TPSA) is 79.7 Å². The van der Waals surface area contributed by atoms with Crippen molar-refractivity contribution in [2.45, 2.75) is 18.4 Å². The molecule has 0 fully saturated rings. The molecule has 0 radical (unpaired) electrons. The number of carbonyl (C=O) groups excluding carboxylic acids is 1.